The summed E-state index contributed by atoms with van der Waals surface area (Å²) in [6, 6.07) is 12.4. The second-order valence-electron chi connectivity index (χ2n) is 8.27. The van der Waals surface area contributed by atoms with Crippen molar-refractivity contribution in [1.29, 1.82) is 0 Å². The summed E-state index contributed by atoms with van der Waals surface area (Å²) in [5.74, 6) is 2.24. The van der Waals surface area contributed by atoms with Crippen LogP contribution in [-0.4, -0.2) is 62.2 Å². The van der Waals surface area contributed by atoms with Crippen molar-refractivity contribution in [3.8, 4) is 5.75 Å². The zero-order valence-electron chi connectivity index (χ0n) is 17.9. The summed E-state index contributed by atoms with van der Waals surface area (Å²) >= 11 is 1.74. The number of anilines is 2. The Balaban J connectivity index is 1.23. The Morgan fingerprint density at radius 2 is 1.97 bits per heavy atom. The number of benzene rings is 1. The number of carbonyl (C=O) groups excluding carboxylic acids is 1. The molecule has 2 fully saturated rings. The Kier molecular flexibility index (Phi) is 5.68. The van der Waals surface area contributed by atoms with Crippen molar-refractivity contribution in [3.05, 3.63) is 48.0 Å². The number of pyridine rings is 1. The predicted molar refractivity (Wildman–Crippen MR) is 126 cm³/mol. The van der Waals surface area contributed by atoms with Crippen LogP contribution in [0.4, 0.5) is 11.5 Å². The van der Waals surface area contributed by atoms with Gasteiger partial charge in [0, 0.05) is 67.3 Å². The third-order valence-corrected chi connectivity index (χ3v) is 7.32. The van der Waals surface area contributed by atoms with Gasteiger partial charge in [-0.2, -0.15) is 0 Å². The Morgan fingerprint density at radius 3 is 2.81 bits per heavy atom. The third kappa shape index (κ3) is 4.06. The fraction of sp³-hybridized carbons (Fsp3) is 0.417. The molecule has 162 valence electrons. The van der Waals surface area contributed by atoms with Crippen LogP contribution in [0.2, 0.25) is 0 Å². The van der Waals surface area contributed by atoms with E-state index < -0.39 is 0 Å². The summed E-state index contributed by atoms with van der Waals surface area (Å²) < 4.78 is 6.61. The minimum atomic E-state index is 0.0489. The summed E-state index contributed by atoms with van der Waals surface area (Å²) in [4.78, 5) is 24.7. The average Bonchev–Trinajstić information content (AvgIpc) is 3.33. The number of carbonyl (C=O) groups is 1. The van der Waals surface area contributed by atoms with Crippen LogP contribution < -0.4 is 14.5 Å². The molecule has 0 aliphatic carbocycles. The number of piperazine rings is 1. The number of hydrogen-bond acceptors (Lipinski definition) is 6. The first-order valence-electron chi connectivity index (χ1n) is 11.0. The first-order chi connectivity index (χ1) is 15.2. The lowest BCUT2D eigenvalue weighted by Crippen LogP contribution is -2.52. The highest BCUT2D eigenvalue weighted by Gasteiger charge is 2.32. The van der Waals surface area contributed by atoms with Gasteiger partial charge in [0.1, 0.15) is 11.6 Å². The number of amides is 1. The highest BCUT2D eigenvalue weighted by atomic mass is 32.1. The van der Waals surface area contributed by atoms with E-state index in [1.165, 1.54) is 10.1 Å². The topological polar surface area (TPSA) is 48.9 Å². The second-order valence-corrected chi connectivity index (χ2v) is 9.21. The highest BCUT2D eigenvalue weighted by Crippen LogP contribution is 2.32. The molecule has 1 atom stereocenters. The highest BCUT2D eigenvalue weighted by molar-refractivity contribution is 7.17. The van der Waals surface area contributed by atoms with E-state index in [-0.39, 0.29) is 5.92 Å². The van der Waals surface area contributed by atoms with Gasteiger partial charge in [0.15, 0.2) is 0 Å². The maximum atomic E-state index is 13.3. The smallest absolute Gasteiger partial charge is 0.227 e. The fourth-order valence-corrected chi connectivity index (χ4v) is 5.53. The Hall–Kier alpha value is -2.80. The molecule has 6 nitrogen and oxygen atoms in total. The van der Waals surface area contributed by atoms with E-state index >= 15 is 0 Å². The van der Waals surface area contributed by atoms with E-state index in [1.54, 1.807) is 18.4 Å². The number of thiophene rings is 1. The Bertz CT molecular complexity index is 1060. The van der Waals surface area contributed by atoms with Gasteiger partial charge >= 0.3 is 0 Å². The zero-order chi connectivity index (χ0) is 21.2. The molecule has 2 aliphatic heterocycles. The number of ether oxygens (including phenoxy) is 1. The minimum Gasteiger partial charge on any atom is -0.497 e. The monoisotopic (exact) mass is 436 g/mol. The van der Waals surface area contributed by atoms with E-state index in [9.17, 15) is 4.79 Å². The minimum absolute atomic E-state index is 0.0489. The summed E-state index contributed by atoms with van der Waals surface area (Å²) in [5, 5.41) is 3.32. The van der Waals surface area contributed by atoms with Crippen molar-refractivity contribution < 1.29 is 9.53 Å². The van der Waals surface area contributed by atoms with Crippen LogP contribution in [0.25, 0.3) is 10.1 Å². The van der Waals surface area contributed by atoms with Crippen LogP contribution in [0.5, 0.6) is 5.75 Å². The number of aromatic nitrogens is 1. The van der Waals surface area contributed by atoms with Crippen LogP contribution in [0.1, 0.15) is 12.8 Å². The van der Waals surface area contributed by atoms with Crippen molar-refractivity contribution >= 4 is 38.8 Å². The van der Waals surface area contributed by atoms with Gasteiger partial charge in [-0.3, -0.25) is 4.79 Å². The van der Waals surface area contributed by atoms with Gasteiger partial charge in [0.05, 0.1) is 13.0 Å². The average molecular weight is 437 g/mol. The molecule has 0 bridgehead atoms. The van der Waals surface area contributed by atoms with Crippen molar-refractivity contribution in [2.24, 2.45) is 5.92 Å². The molecular formula is C24H28N4O2S. The maximum absolute atomic E-state index is 13.3. The van der Waals surface area contributed by atoms with Crippen LogP contribution in [0.15, 0.2) is 48.0 Å². The summed E-state index contributed by atoms with van der Waals surface area (Å²) in [7, 11) is 1.69. The standard InChI is InChI=1S/C24H28N4O2S/c1-30-20-6-2-5-19(16-20)26-11-13-27(14-12-26)24(29)18-4-3-10-28(17-18)23-21-8-15-31-22(21)7-9-25-23/h2,5-9,15-16,18H,3-4,10-14,17H2,1H3/t18-/m0/s1. The first kappa shape index (κ1) is 20.1. The van der Waals surface area contributed by atoms with Gasteiger partial charge < -0.3 is 19.4 Å². The molecule has 0 radical (unpaired) electrons. The van der Waals surface area contributed by atoms with Crippen molar-refractivity contribution in [1.82, 2.24) is 9.88 Å². The van der Waals surface area contributed by atoms with Gasteiger partial charge in [-0.15, -0.1) is 11.3 Å². The molecule has 0 spiro atoms. The van der Waals surface area contributed by atoms with Gasteiger partial charge in [-0.1, -0.05) is 6.07 Å². The molecule has 4 heterocycles. The molecular weight excluding hydrogens is 408 g/mol. The number of methoxy groups -OCH3 is 1. The molecule has 1 amide bonds. The lowest BCUT2D eigenvalue weighted by atomic mass is 9.96. The van der Waals surface area contributed by atoms with Crippen LogP contribution in [0, 0.1) is 5.92 Å². The molecule has 1 aromatic carbocycles. The van der Waals surface area contributed by atoms with Gasteiger partial charge in [0.25, 0.3) is 0 Å². The predicted octanol–water partition coefficient (Wildman–Crippen LogP) is 3.87. The molecule has 7 heteroatoms. The van der Waals surface area contributed by atoms with E-state index in [0.717, 1.165) is 69.4 Å². The number of hydrogen-bond donors (Lipinski definition) is 0. The molecule has 0 saturated carbocycles. The Labute approximate surface area is 187 Å². The molecule has 5 rings (SSSR count). The van der Waals surface area contributed by atoms with E-state index in [2.05, 4.69) is 49.3 Å². The van der Waals surface area contributed by atoms with Crippen LogP contribution in [-0.2, 0) is 4.79 Å². The first-order valence-corrected chi connectivity index (χ1v) is 11.9. The molecule has 3 aromatic rings. The van der Waals surface area contributed by atoms with Crippen LogP contribution >= 0.6 is 11.3 Å². The summed E-state index contributed by atoms with van der Waals surface area (Å²) in [6.07, 6.45) is 3.88. The molecule has 31 heavy (non-hydrogen) atoms. The second kappa shape index (κ2) is 8.75. The van der Waals surface area contributed by atoms with E-state index in [4.69, 9.17) is 4.74 Å². The molecule has 0 unspecified atom stereocenters. The number of piperidine rings is 1. The Morgan fingerprint density at radius 1 is 1.10 bits per heavy atom. The zero-order valence-corrected chi connectivity index (χ0v) is 18.7. The van der Waals surface area contributed by atoms with Gasteiger partial charge in [0.2, 0.25) is 5.91 Å². The van der Waals surface area contributed by atoms with Crippen molar-refractivity contribution in [3.63, 3.8) is 0 Å². The van der Waals surface area contributed by atoms with Gasteiger partial charge in [-0.25, -0.2) is 4.98 Å². The third-order valence-electron chi connectivity index (χ3n) is 6.44. The van der Waals surface area contributed by atoms with E-state index in [0.29, 0.717) is 5.91 Å². The van der Waals surface area contributed by atoms with Crippen LogP contribution in [0.3, 0.4) is 0 Å². The molecule has 0 N–H and O–H groups in total. The normalized spacial score (nSPS) is 19.6. The maximum Gasteiger partial charge on any atom is 0.227 e. The molecule has 2 aliphatic rings. The molecule has 2 aromatic heterocycles. The van der Waals surface area contributed by atoms with Crippen molar-refractivity contribution in [2.75, 3.05) is 56.2 Å². The molecule has 2 saturated heterocycles. The number of rotatable bonds is 4. The lowest BCUT2D eigenvalue weighted by Gasteiger charge is -2.40. The summed E-state index contributed by atoms with van der Waals surface area (Å²) in [6.45, 7) is 4.97. The van der Waals surface area contributed by atoms with Gasteiger partial charge in [-0.05, 0) is 42.5 Å². The number of fused-ring (bicyclic) bond motifs is 1. The lowest BCUT2D eigenvalue weighted by molar-refractivity contribution is -0.136. The summed E-state index contributed by atoms with van der Waals surface area (Å²) in [5.41, 5.74) is 1.16. The number of nitrogens with zero attached hydrogens (tertiary/aromatic N) is 4. The fourth-order valence-electron chi connectivity index (χ4n) is 4.75. The van der Waals surface area contributed by atoms with Crippen molar-refractivity contribution in [2.45, 2.75) is 12.8 Å². The largest absolute Gasteiger partial charge is 0.497 e. The van der Waals surface area contributed by atoms with E-state index in [1.807, 2.05) is 18.3 Å². The SMILES string of the molecule is COc1cccc(N2CCN(C(=O)[C@H]3CCCN(c4nccc5sccc45)C3)CC2)c1. The quantitative estimate of drug-likeness (QED) is 0.621.